The minimum Gasteiger partial charge on any atom is -0.497 e. The monoisotopic (exact) mass is 221 g/mol. The van der Waals surface area contributed by atoms with E-state index in [2.05, 4.69) is 11.9 Å². The molecular formula is C13H19NO2. The number of nitrogens with one attached hydrogen (secondary N) is 1. The summed E-state index contributed by atoms with van der Waals surface area (Å²) in [6.45, 7) is 3.76. The standard InChI is InChI=1S/C13H19NO2/c1-5-6-12(14-2)11-9-10(15-3)7-8-13(11)16-4/h5,7-9,12,14H,1,6H2,2-4H3. The second kappa shape index (κ2) is 6.18. The maximum absolute atomic E-state index is 5.34. The van der Waals surface area contributed by atoms with E-state index in [4.69, 9.17) is 9.47 Å². The first-order valence-corrected chi connectivity index (χ1v) is 5.26. The van der Waals surface area contributed by atoms with Gasteiger partial charge in [-0.05, 0) is 31.7 Å². The normalized spacial score (nSPS) is 11.9. The van der Waals surface area contributed by atoms with Gasteiger partial charge in [-0.3, -0.25) is 0 Å². The van der Waals surface area contributed by atoms with Gasteiger partial charge in [0.25, 0.3) is 0 Å². The molecule has 16 heavy (non-hydrogen) atoms. The predicted octanol–water partition coefficient (Wildman–Crippen LogP) is 2.54. The van der Waals surface area contributed by atoms with Crippen LogP contribution >= 0.6 is 0 Å². The third-order valence-corrected chi connectivity index (χ3v) is 2.56. The molecule has 0 radical (unpaired) electrons. The van der Waals surface area contributed by atoms with E-state index in [1.807, 2.05) is 31.3 Å². The first-order chi connectivity index (χ1) is 7.76. The molecule has 0 bridgehead atoms. The van der Waals surface area contributed by atoms with Crippen molar-refractivity contribution < 1.29 is 9.47 Å². The Morgan fingerprint density at radius 1 is 1.38 bits per heavy atom. The van der Waals surface area contributed by atoms with Crippen molar-refractivity contribution in [2.75, 3.05) is 21.3 Å². The van der Waals surface area contributed by atoms with Crippen LogP contribution in [0.3, 0.4) is 0 Å². The maximum atomic E-state index is 5.34. The van der Waals surface area contributed by atoms with Gasteiger partial charge in [0.05, 0.1) is 14.2 Å². The third kappa shape index (κ3) is 2.76. The Balaban J connectivity index is 3.09. The minimum atomic E-state index is 0.197. The number of methoxy groups -OCH3 is 2. The Labute approximate surface area is 97.1 Å². The fraction of sp³-hybridized carbons (Fsp3) is 0.385. The number of rotatable bonds is 6. The van der Waals surface area contributed by atoms with Gasteiger partial charge < -0.3 is 14.8 Å². The fourth-order valence-corrected chi connectivity index (χ4v) is 1.68. The lowest BCUT2D eigenvalue weighted by Gasteiger charge is -2.18. The molecule has 1 atom stereocenters. The van der Waals surface area contributed by atoms with Crippen LogP contribution in [0.1, 0.15) is 18.0 Å². The van der Waals surface area contributed by atoms with E-state index < -0.39 is 0 Å². The minimum absolute atomic E-state index is 0.197. The average molecular weight is 221 g/mol. The molecule has 0 aliphatic rings. The van der Waals surface area contributed by atoms with Crippen LogP contribution in [0.2, 0.25) is 0 Å². The zero-order valence-electron chi connectivity index (χ0n) is 10.1. The molecule has 1 aromatic carbocycles. The van der Waals surface area contributed by atoms with Gasteiger partial charge in [0.15, 0.2) is 0 Å². The van der Waals surface area contributed by atoms with Crippen LogP contribution in [0.5, 0.6) is 11.5 Å². The zero-order valence-corrected chi connectivity index (χ0v) is 10.1. The van der Waals surface area contributed by atoms with Gasteiger partial charge in [-0.2, -0.15) is 0 Å². The van der Waals surface area contributed by atoms with E-state index in [0.29, 0.717) is 0 Å². The summed E-state index contributed by atoms with van der Waals surface area (Å²) in [5.74, 6) is 1.70. The Hall–Kier alpha value is -1.48. The highest BCUT2D eigenvalue weighted by atomic mass is 16.5. The Bertz CT molecular complexity index is 350. The lowest BCUT2D eigenvalue weighted by atomic mass is 10.0. The van der Waals surface area contributed by atoms with Crippen LogP contribution in [0.4, 0.5) is 0 Å². The number of benzene rings is 1. The maximum Gasteiger partial charge on any atom is 0.123 e. The van der Waals surface area contributed by atoms with Gasteiger partial charge in [0, 0.05) is 11.6 Å². The molecule has 1 aromatic rings. The molecule has 0 saturated carbocycles. The van der Waals surface area contributed by atoms with Crippen molar-refractivity contribution in [2.24, 2.45) is 0 Å². The SMILES string of the molecule is C=CCC(NC)c1cc(OC)ccc1OC. The molecule has 0 heterocycles. The molecule has 88 valence electrons. The molecule has 0 amide bonds. The third-order valence-electron chi connectivity index (χ3n) is 2.56. The molecule has 1 N–H and O–H groups in total. The Morgan fingerprint density at radius 3 is 2.62 bits per heavy atom. The van der Waals surface area contributed by atoms with Gasteiger partial charge in [0.2, 0.25) is 0 Å². The Kier molecular flexibility index (Phi) is 4.86. The molecule has 3 nitrogen and oxygen atoms in total. The lowest BCUT2D eigenvalue weighted by Crippen LogP contribution is -2.16. The topological polar surface area (TPSA) is 30.5 Å². The van der Waals surface area contributed by atoms with Gasteiger partial charge in [-0.15, -0.1) is 6.58 Å². The van der Waals surface area contributed by atoms with Gasteiger partial charge in [-0.25, -0.2) is 0 Å². The molecular weight excluding hydrogens is 202 g/mol. The lowest BCUT2D eigenvalue weighted by molar-refractivity contribution is 0.392. The highest BCUT2D eigenvalue weighted by Crippen LogP contribution is 2.30. The van der Waals surface area contributed by atoms with Gasteiger partial charge in [0.1, 0.15) is 11.5 Å². The van der Waals surface area contributed by atoms with Gasteiger partial charge >= 0.3 is 0 Å². The molecule has 1 unspecified atom stereocenters. The summed E-state index contributed by atoms with van der Waals surface area (Å²) in [6.07, 6.45) is 2.74. The van der Waals surface area contributed by atoms with Crippen molar-refractivity contribution in [3.63, 3.8) is 0 Å². The van der Waals surface area contributed by atoms with Crippen LogP contribution < -0.4 is 14.8 Å². The number of hydrogen-bond donors (Lipinski definition) is 1. The molecule has 0 aliphatic heterocycles. The number of hydrogen-bond acceptors (Lipinski definition) is 3. The van der Waals surface area contributed by atoms with Crippen LogP contribution in [-0.2, 0) is 0 Å². The number of ether oxygens (including phenoxy) is 2. The van der Waals surface area contributed by atoms with Crippen molar-refractivity contribution in [3.8, 4) is 11.5 Å². The molecule has 0 saturated heterocycles. The summed E-state index contributed by atoms with van der Waals surface area (Å²) in [5.41, 5.74) is 1.09. The predicted molar refractivity (Wildman–Crippen MR) is 66.2 cm³/mol. The zero-order chi connectivity index (χ0) is 12.0. The van der Waals surface area contributed by atoms with Gasteiger partial charge in [-0.1, -0.05) is 6.08 Å². The fourth-order valence-electron chi connectivity index (χ4n) is 1.68. The van der Waals surface area contributed by atoms with Crippen LogP contribution in [-0.4, -0.2) is 21.3 Å². The highest BCUT2D eigenvalue weighted by Gasteiger charge is 2.13. The molecule has 0 spiro atoms. The van der Waals surface area contributed by atoms with E-state index in [-0.39, 0.29) is 6.04 Å². The van der Waals surface area contributed by atoms with E-state index >= 15 is 0 Å². The van der Waals surface area contributed by atoms with E-state index in [0.717, 1.165) is 23.5 Å². The highest BCUT2D eigenvalue weighted by molar-refractivity contribution is 5.42. The summed E-state index contributed by atoms with van der Waals surface area (Å²) in [4.78, 5) is 0. The van der Waals surface area contributed by atoms with Crippen molar-refractivity contribution in [1.29, 1.82) is 0 Å². The smallest absolute Gasteiger partial charge is 0.123 e. The van der Waals surface area contributed by atoms with Crippen LogP contribution in [0.25, 0.3) is 0 Å². The van der Waals surface area contributed by atoms with E-state index in [9.17, 15) is 0 Å². The molecule has 0 aromatic heterocycles. The summed E-state index contributed by atoms with van der Waals surface area (Å²) >= 11 is 0. The summed E-state index contributed by atoms with van der Waals surface area (Å²) in [7, 11) is 5.26. The van der Waals surface area contributed by atoms with Crippen LogP contribution in [0, 0.1) is 0 Å². The molecule has 0 fully saturated rings. The molecule has 1 rings (SSSR count). The van der Waals surface area contributed by atoms with Crippen LogP contribution in [0.15, 0.2) is 30.9 Å². The second-order valence-electron chi connectivity index (χ2n) is 3.47. The first-order valence-electron chi connectivity index (χ1n) is 5.26. The quantitative estimate of drug-likeness (QED) is 0.749. The van der Waals surface area contributed by atoms with Crippen molar-refractivity contribution in [1.82, 2.24) is 5.32 Å². The second-order valence-corrected chi connectivity index (χ2v) is 3.47. The van der Waals surface area contributed by atoms with E-state index in [1.54, 1.807) is 14.2 Å². The summed E-state index contributed by atoms with van der Waals surface area (Å²) < 4.78 is 10.6. The Morgan fingerprint density at radius 2 is 2.12 bits per heavy atom. The first kappa shape index (κ1) is 12.6. The molecule has 0 aliphatic carbocycles. The van der Waals surface area contributed by atoms with Crippen molar-refractivity contribution >= 4 is 0 Å². The summed E-state index contributed by atoms with van der Waals surface area (Å²) in [5, 5.41) is 3.24. The van der Waals surface area contributed by atoms with Crippen molar-refractivity contribution in [3.05, 3.63) is 36.4 Å². The summed E-state index contributed by atoms with van der Waals surface area (Å²) in [6, 6.07) is 6.00. The largest absolute Gasteiger partial charge is 0.497 e. The van der Waals surface area contributed by atoms with Crippen molar-refractivity contribution in [2.45, 2.75) is 12.5 Å². The molecule has 3 heteroatoms. The van der Waals surface area contributed by atoms with E-state index in [1.165, 1.54) is 0 Å². The average Bonchev–Trinajstić information content (AvgIpc) is 2.35.